The number of rotatable bonds is 7. The summed E-state index contributed by atoms with van der Waals surface area (Å²) in [5.74, 6) is 0. The minimum Gasteiger partial charge on any atom is -0.319 e. The van der Waals surface area contributed by atoms with Crippen molar-refractivity contribution in [1.82, 2.24) is 4.90 Å². The van der Waals surface area contributed by atoms with Crippen molar-refractivity contribution in [3.05, 3.63) is 0 Å². The van der Waals surface area contributed by atoms with Gasteiger partial charge in [-0.25, -0.2) is 0 Å². The van der Waals surface area contributed by atoms with Gasteiger partial charge >= 0.3 is 0 Å². The molecule has 1 aliphatic heterocycles. The zero-order chi connectivity index (χ0) is 16.2. The van der Waals surface area contributed by atoms with Crippen LogP contribution in [-0.2, 0) is 20.9 Å². The first-order valence-electron chi connectivity index (χ1n) is 8.79. The van der Waals surface area contributed by atoms with E-state index in [0.717, 1.165) is 0 Å². The largest absolute Gasteiger partial charge is 0.319 e. The van der Waals surface area contributed by atoms with Gasteiger partial charge < -0.3 is 9.05 Å². The van der Waals surface area contributed by atoms with E-state index in [1.165, 1.54) is 51.6 Å². The van der Waals surface area contributed by atoms with Gasteiger partial charge in [0.1, 0.15) is 0 Å². The summed E-state index contributed by atoms with van der Waals surface area (Å²) < 4.78 is 12.2. The quantitative estimate of drug-likeness (QED) is 0.577. The van der Waals surface area contributed by atoms with E-state index < -0.39 is 5.69 Å². The smallest absolute Gasteiger partial charge is 0.248 e. The van der Waals surface area contributed by atoms with E-state index in [0.29, 0.717) is 11.3 Å². The van der Waals surface area contributed by atoms with Gasteiger partial charge in [-0.2, -0.15) is 0 Å². The molecule has 0 spiro atoms. The molecule has 6 heteroatoms. The Hall–Kier alpha value is 0.880. The van der Waals surface area contributed by atoms with Gasteiger partial charge in [0.05, 0.1) is 12.2 Å². The molecule has 0 aromatic heterocycles. The lowest BCUT2D eigenvalue weighted by atomic mass is 10.1. The highest BCUT2D eigenvalue weighted by atomic mass is 32.9. The van der Waals surface area contributed by atoms with Crippen LogP contribution in [0, 0.1) is 0 Å². The van der Waals surface area contributed by atoms with Crippen molar-refractivity contribution in [2.45, 2.75) is 89.7 Å². The van der Waals surface area contributed by atoms with Crippen LogP contribution in [0.15, 0.2) is 0 Å². The van der Waals surface area contributed by atoms with E-state index in [1.807, 2.05) is 11.4 Å². The molecule has 1 aliphatic carbocycles. The molecule has 0 radical (unpaired) electrons. The van der Waals surface area contributed by atoms with Crippen molar-refractivity contribution in [2.24, 2.45) is 0 Å². The molecule has 2 fully saturated rings. The van der Waals surface area contributed by atoms with E-state index in [9.17, 15) is 0 Å². The molecule has 3 nitrogen and oxygen atoms in total. The van der Waals surface area contributed by atoms with Gasteiger partial charge in [0, 0.05) is 11.3 Å². The first-order valence-corrected chi connectivity index (χ1v) is 12.9. The lowest BCUT2D eigenvalue weighted by Crippen LogP contribution is -2.42. The standard InChI is InChI=1S/C16H32NO2PS2/c1-13(2)18-20(21,19-14(3)4)22-16-10-8-9-15(16)17-11-6-5-7-12-17/h13-16H,5-12H2,1-4H3. The Morgan fingerprint density at radius 1 is 0.955 bits per heavy atom. The van der Waals surface area contributed by atoms with Gasteiger partial charge in [0.2, 0.25) is 5.69 Å². The van der Waals surface area contributed by atoms with Crippen LogP contribution in [0.3, 0.4) is 0 Å². The van der Waals surface area contributed by atoms with Crippen LogP contribution in [0.5, 0.6) is 0 Å². The average molecular weight is 366 g/mol. The van der Waals surface area contributed by atoms with Gasteiger partial charge in [-0.05, 0) is 78.3 Å². The Kier molecular flexibility index (Phi) is 7.70. The number of hydrogen-bond acceptors (Lipinski definition) is 5. The topological polar surface area (TPSA) is 21.7 Å². The van der Waals surface area contributed by atoms with Crippen molar-refractivity contribution >= 4 is 28.9 Å². The van der Waals surface area contributed by atoms with Crippen LogP contribution < -0.4 is 0 Å². The van der Waals surface area contributed by atoms with Crippen molar-refractivity contribution < 1.29 is 9.05 Å². The van der Waals surface area contributed by atoms with Crippen LogP contribution in [-0.4, -0.2) is 41.5 Å². The van der Waals surface area contributed by atoms with Crippen molar-refractivity contribution in [1.29, 1.82) is 0 Å². The second kappa shape index (κ2) is 8.82. The minimum absolute atomic E-state index is 0.131. The fraction of sp³-hybridized carbons (Fsp3) is 1.00. The Labute approximate surface area is 145 Å². The third-order valence-corrected chi connectivity index (χ3v) is 10.1. The maximum absolute atomic E-state index is 6.09. The molecule has 22 heavy (non-hydrogen) atoms. The molecular formula is C16H32NO2PS2. The monoisotopic (exact) mass is 365 g/mol. The summed E-state index contributed by atoms with van der Waals surface area (Å²) in [4.78, 5) is 2.71. The van der Waals surface area contributed by atoms with Crippen LogP contribution in [0.25, 0.3) is 0 Å². The zero-order valence-electron chi connectivity index (χ0n) is 14.5. The SMILES string of the molecule is CC(C)OP(=S)(OC(C)C)SC1CCCC1N1CCCCC1. The molecule has 1 saturated heterocycles. The molecule has 2 unspecified atom stereocenters. The summed E-state index contributed by atoms with van der Waals surface area (Å²) >= 11 is 7.71. The van der Waals surface area contributed by atoms with E-state index in [-0.39, 0.29) is 12.2 Å². The summed E-state index contributed by atoms with van der Waals surface area (Å²) in [5.41, 5.74) is -2.25. The van der Waals surface area contributed by atoms with Gasteiger partial charge in [-0.3, -0.25) is 4.90 Å². The lowest BCUT2D eigenvalue weighted by Gasteiger charge is -2.37. The van der Waals surface area contributed by atoms with Crippen LogP contribution in [0.1, 0.15) is 66.2 Å². The van der Waals surface area contributed by atoms with Gasteiger partial charge in [-0.1, -0.05) is 24.2 Å². The van der Waals surface area contributed by atoms with Crippen LogP contribution >= 0.6 is 17.1 Å². The lowest BCUT2D eigenvalue weighted by molar-refractivity contribution is 0.168. The molecule has 0 aromatic rings. The highest BCUT2D eigenvalue weighted by Gasteiger charge is 2.38. The maximum atomic E-state index is 6.09. The number of piperidine rings is 1. The summed E-state index contributed by atoms with van der Waals surface area (Å²) in [7, 11) is 0. The van der Waals surface area contributed by atoms with Crippen molar-refractivity contribution in [3.8, 4) is 0 Å². The summed E-state index contributed by atoms with van der Waals surface area (Å²) in [6.45, 7) is 10.8. The van der Waals surface area contributed by atoms with Gasteiger partial charge in [0.25, 0.3) is 0 Å². The van der Waals surface area contributed by atoms with Crippen LogP contribution in [0.2, 0.25) is 0 Å². The van der Waals surface area contributed by atoms with E-state index in [2.05, 4.69) is 32.6 Å². The van der Waals surface area contributed by atoms with E-state index in [4.69, 9.17) is 20.9 Å². The Balaban J connectivity index is 2.02. The Morgan fingerprint density at radius 2 is 1.55 bits per heavy atom. The number of nitrogens with zero attached hydrogens (tertiary/aromatic N) is 1. The van der Waals surface area contributed by atoms with E-state index in [1.54, 1.807) is 0 Å². The van der Waals surface area contributed by atoms with Crippen molar-refractivity contribution in [3.63, 3.8) is 0 Å². The zero-order valence-corrected chi connectivity index (χ0v) is 17.0. The second-order valence-corrected chi connectivity index (χ2v) is 13.3. The Bertz CT molecular complexity index is 372. The molecule has 130 valence electrons. The van der Waals surface area contributed by atoms with E-state index >= 15 is 0 Å². The van der Waals surface area contributed by atoms with Gasteiger partial charge in [0.15, 0.2) is 0 Å². The predicted molar refractivity (Wildman–Crippen MR) is 101 cm³/mol. The number of hydrogen-bond donors (Lipinski definition) is 0. The Morgan fingerprint density at radius 3 is 2.09 bits per heavy atom. The molecule has 0 bridgehead atoms. The van der Waals surface area contributed by atoms with Gasteiger partial charge in [-0.15, -0.1) is 0 Å². The molecule has 0 N–H and O–H groups in total. The normalized spacial score (nSPS) is 27.9. The average Bonchev–Trinajstić information content (AvgIpc) is 2.85. The molecule has 1 saturated carbocycles. The first kappa shape index (κ1) is 19.2. The molecular weight excluding hydrogens is 333 g/mol. The molecule has 2 aliphatic rings. The first-order chi connectivity index (χ1) is 10.4. The fourth-order valence-electron chi connectivity index (χ4n) is 3.45. The van der Waals surface area contributed by atoms with Crippen molar-refractivity contribution in [2.75, 3.05) is 13.1 Å². The molecule has 0 aromatic carbocycles. The second-order valence-electron chi connectivity index (χ2n) is 6.99. The highest BCUT2D eigenvalue weighted by Crippen LogP contribution is 2.66. The summed E-state index contributed by atoms with van der Waals surface area (Å²) in [6, 6.07) is 0.680. The molecule has 0 amide bonds. The molecule has 2 atom stereocenters. The minimum atomic E-state index is -2.25. The summed E-state index contributed by atoms with van der Waals surface area (Å²) in [6.07, 6.45) is 8.26. The summed E-state index contributed by atoms with van der Waals surface area (Å²) in [5, 5.41) is 0.585. The molecule has 1 heterocycles. The third kappa shape index (κ3) is 5.75. The number of likely N-dealkylation sites (tertiary alicyclic amines) is 1. The maximum Gasteiger partial charge on any atom is 0.248 e. The fourth-order valence-corrected chi connectivity index (χ4v) is 10.8. The van der Waals surface area contributed by atoms with Crippen LogP contribution in [0.4, 0.5) is 0 Å². The third-order valence-electron chi connectivity index (χ3n) is 4.22. The molecule has 2 rings (SSSR count). The predicted octanol–water partition coefficient (Wildman–Crippen LogP) is 5.20. The highest BCUT2D eigenvalue weighted by molar-refractivity contribution is 8.68.